The molecule has 100 valence electrons. The fraction of sp³-hybridized carbons (Fsp3) is 0.900. The van der Waals surface area contributed by atoms with Crippen molar-refractivity contribution in [3.05, 3.63) is 0 Å². The molecular weight excluding hydrogens is 240 g/mol. The summed E-state index contributed by atoms with van der Waals surface area (Å²) in [4.78, 5) is 4.29. The van der Waals surface area contributed by atoms with Crippen LogP contribution in [0.4, 0.5) is 0 Å². The Labute approximate surface area is 103 Å². The quantitative estimate of drug-likeness (QED) is 0.279. The van der Waals surface area contributed by atoms with E-state index in [9.17, 15) is 8.42 Å². The maximum absolute atomic E-state index is 11.3. The van der Waals surface area contributed by atoms with E-state index in [1.807, 2.05) is 0 Å². The molecule has 0 bridgehead atoms. The zero-order valence-electron chi connectivity index (χ0n) is 10.4. The lowest BCUT2D eigenvalue weighted by Gasteiger charge is -2.24. The van der Waals surface area contributed by atoms with Gasteiger partial charge in [0.2, 0.25) is 5.96 Å². The zero-order valence-corrected chi connectivity index (χ0v) is 11.3. The smallest absolute Gasteiger partial charge is 0.205 e. The van der Waals surface area contributed by atoms with Gasteiger partial charge in [-0.3, -0.25) is 10.4 Å². The van der Waals surface area contributed by atoms with Gasteiger partial charge in [-0.1, -0.05) is 13.8 Å². The fourth-order valence-corrected chi connectivity index (χ4v) is 3.13. The molecule has 1 rings (SSSR count). The fourth-order valence-electron chi connectivity index (χ4n) is 1.63. The lowest BCUT2D eigenvalue weighted by molar-refractivity contribution is 0.514. The molecular formula is C10H22N4O2S. The number of aliphatic imine (C=N–C) groups is 1. The summed E-state index contributed by atoms with van der Waals surface area (Å²) in [7, 11) is -2.82. The topological polar surface area (TPSA) is 96.6 Å². The van der Waals surface area contributed by atoms with E-state index in [1.165, 1.54) is 0 Å². The zero-order chi connectivity index (χ0) is 12.9. The van der Waals surface area contributed by atoms with Crippen LogP contribution in [0.2, 0.25) is 0 Å². The van der Waals surface area contributed by atoms with Crippen LogP contribution >= 0.6 is 0 Å². The van der Waals surface area contributed by atoms with Crippen LogP contribution in [0.5, 0.6) is 0 Å². The number of sulfone groups is 1. The second-order valence-electron chi connectivity index (χ2n) is 4.80. The predicted molar refractivity (Wildman–Crippen MR) is 69.3 cm³/mol. The molecule has 0 saturated carbocycles. The van der Waals surface area contributed by atoms with Crippen molar-refractivity contribution >= 4 is 15.8 Å². The van der Waals surface area contributed by atoms with Crippen molar-refractivity contribution in [1.82, 2.24) is 10.7 Å². The molecule has 1 fully saturated rings. The number of nitrogens with zero attached hydrogens (tertiary/aromatic N) is 1. The van der Waals surface area contributed by atoms with Gasteiger partial charge in [0.15, 0.2) is 0 Å². The second-order valence-corrected chi connectivity index (χ2v) is 7.10. The number of hydrogen-bond donors (Lipinski definition) is 3. The van der Waals surface area contributed by atoms with Gasteiger partial charge in [0.25, 0.3) is 0 Å². The average Bonchev–Trinajstić information content (AvgIpc) is 2.26. The number of nitrogens with one attached hydrogen (secondary N) is 2. The second kappa shape index (κ2) is 6.20. The highest BCUT2D eigenvalue weighted by atomic mass is 32.2. The van der Waals surface area contributed by atoms with Crippen LogP contribution in [-0.4, -0.2) is 38.5 Å². The van der Waals surface area contributed by atoms with Crippen LogP contribution in [0.25, 0.3) is 0 Å². The van der Waals surface area contributed by atoms with Crippen molar-refractivity contribution in [2.75, 3.05) is 18.1 Å². The minimum Gasteiger partial charge on any atom is -0.353 e. The molecule has 0 radical (unpaired) electrons. The van der Waals surface area contributed by atoms with Gasteiger partial charge < -0.3 is 5.32 Å². The molecule has 0 atom stereocenters. The van der Waals surface area contributed by atoms with Crippen LogP contribution in [0.3, 0.4) is 0 Å². The van der Waals surface area contributed by atoms with Gasteiger partial charge in [0.05, 0.1) is 11.5 Å². The average molecular weight is 262 g/mol. The molecule has 0 amide bonds. The number of guanidine groups is 1. The Morgan fingerprint density at radius 2 is 2.00 bits per heavy atom. The molecule has 1 heterocycles. The minimum atomic E-state index is -2.82. The van der Waals surface area contributed by atoms with Crippen molar-refractivity contribution < 1.29 is 8.42 Å². The Balaban J connectivity index is 2.45. The summed E-state index contributed by atoms with van der Waals surface area (Å²) >= 11 is 0. The number of hydrogen-bond acceptors (Lipinski definition) is 4. The van der Waals surface area contributed by atoms with Gasteiger partial charge >= 0.3 is 0 Å². The SMILES string of the molecule is CC(C)CN=C(NN)NC1CCS(=O)(=O)CC1. The third-order valence-corrected chi connectivity index (χ3v) is 4.36. The first-order chi connectivity index (χ1) is 7.93. The molecule has 0 aliphatic carbocycles. The van der Waals surface area contributed by atoms with Crippen LogP contribution in [0, 0.1) is 5.92 Å². The highest BCUT2D eigenvalue weighted by Crippen LogP contribution is 2.11. The van der Waals surface area contributed by atoms with Crippen molar-refractivity contribution in [3.8, 4) is 0 Å². The molecule has 17 heavy (non-hydrogen) atoms. The summed E-state index contributed by atoms with van der Waals surface area (Å²) in [6.07, 6.45) is 1.23. The third-order valence-electron chi connectivity index (χ3n) is 2.65. The van der Waals surface area contributed by atoms with Crippen molar-refractivity contribution in [1.29, 1.82) is 0 Å². The summed E-state index contributed by atoms with van der Waals surface area (Å²) in [5.41, 5.74) is 2.51. The molecule has 1 saturated heterocycles. The van der Waals surface area contributed by atoms with Crippen molar-refractivity contribution in [2.24, 2.45) is 16.8 Å². The molecule has 7 heteroatoms. The van der Waals surface area contributed by atoms with E-state index in [0.29, 0.717) is 31.3 Å². The highest BCUT2D eigenvalue weighted by molar-refractivity contribution is 7.91. The van der Waals surface area contributed by atoms with Gasteiger partial charge in [-0.25, -0.2) is 14.3 Å². The van der Waals surface area contributed by atoms with Gasteiger partial charge in [0, 0.05) is 12.6 Å². The van der Waals surface area contributed by atoms with Crippen LogP contribution in [0.1, 0.15) is 26.7 Å². The predicted octanol–water partition coefficient (Wildman–Crippen LogP) is -0.371. The van der Waals surface area contributed by atoms with E-state index in [1.54, 1.807) is 0 Å². The summed E-state index contributed by atoms with van der Waals surface area (Å²) in [6, 6.07) is 0.139. The number of hydrazine groups is 1. The lowest BCUT2D eigenvalue weighted by atomic mass is 10.1. The largest absolute Gasteiger partial charge is 0.353 e. The van der Waals surface area contributed by atoms with E-state index in [0.717, 1.165) is 0 Å². The Hall–Kier alpha value is -0.820. The standard InChI is InChI=1S/C10H22N4O2S/c1-8(2)7-12-10(14-11)13-9-3-5-17(15,16)6-4-9/h8-9H,3-7,11H2,1-2H3,(H2,12,13,14). The third kappa shape index (κ3) is 5.36. The molecule has 1 aliphatic heterocycles. The van der Waals surface area contributed by atoms with Crippen molar-refractivity contribution in [2.45, 2.75) is 32.7 Å². The monoisotopic (exact) mass is 262 g/mol. The highest BCUT2D eigenvalue weighted by Gasteiger charge is 2.23. The minimum absolute atomic E-state index is 0.139. The first kappa shape index (κ1) is 14.2. The van der Waals surface area contributed by atoms with E-state index in [4.69, 9.17) is 5.84 Å². The Kier molecular flexibility index (Phi) is 5.20. The molecule has 0 spiro atoms. The molecule has 0 aromatic heterocycles. The van der Waals surface area contributed by atoms with Crippen LogP contribution in [0.15, 0.2) is 4.99 Å². The first-order valence-electron chi connectivity index (χ1n) is 5.91. The summed E-state index contributed by atoms with van der Waals surface area (Å²) in [5, 5.41) is 3.15. The van der Waals surface area contributed by atoms with Gasteiger partial charge in [-0.05, 0) is 18.8 Å². The van der Waals surface area contributed by atoms with Gasteiger partial charge in [-0.15, -0.1) is 0 Å². The molecule has 0 unspecified atom stereocenters. The van der Waals surface area contributed by atoms with E-state index < -0.39 is 9.84 Å². The van der Waals surface area contributed by atoms with Crippen molar-refractivity contribution in [3.63, 3.8) is 0 Å². The van der Waals surface area contributed by atoms with Crippen LogP contribution in [-0.2, 0) is 9.84 Å². The molecule has 4 N–H and O–H groups in total. The molecule has 6 nitrogen and oxygen atoms in total. The van der Waals surface area contributed by atoms with E-state index in [2.05, 4.69) is 29.6 Å². The summed E-state index contributed by atoms with van der Waals surface area (Å²) < 4.78 is 22.5. The first-order valence-corrected chi connectivity index (χ1v) is 7.73. The van der Waals surface area contributed by atoms with Gasteiger partial charge in [0.1, 0.15) is 9.84 Å². The molecule has 0 aromatic rings. The van der Waals surface area contributed by atoms with E-state index in [-0.39, 0.29) is 17.5 Å². The normalized spacial score (nSPS) is 21.5. The Morgan fingerprint density at radius 1 is 1.41 bits per heavy atom. The van der Waals surface area contributed by atoms with Crippen LogP contribution < -0.4 is 16.6 Å². The molecule has 0 aromatic carbocycles. The van der Waals surface area contributed by atoms with E-state index >= 15 is 0 Å². The lowest BCUT2D eigenvalue weighted by Crippen LogP contribution is -2.49. The summed E-state index contributed by atoms with van der Waals surface area (Å²) in [5.74, 6) is 6.86. The number of rotatable bonds is 3. The maximum atomic E-state index is 11.3. The summed E-state index contributed by atoms with van der Waals surface area (Å²) in [6.45, 7) is 4.84. The Morgan fingerprint density at radius 3 is 2.47 bits per heavy atom. The molecule has 1 aliphatic rings. The maximum Gasteiger partial charge on any atom is 0.205 e. The Bertz CT molecular complexity index is 351. The number of nitrogens with two attached hydrogens (primary N) is 1. The van der Waals surface area contributed by atoms with Gasteiger partial charge in [-0.2, -0.15) is 0 Å².